The molecule has 2 heterocycles. The van der Waals surface area contributed by atoms with Crippen LogP contribution in [0.4, 0.5) is 4.79 Å². The molecule has 2 rings (SSSR count). The Morgan fingerprint density at radius 1 is 1.64 bits per heavy atom. The summed E-state index contributed by atoms with van der Waals surface area (Å²) in [6, 6.07) is 0. The third-order valence-electron chi connectivity index (χ3n) is 4.09. The molecule has 0 spiro atoms. The predicted molar refractivity (Wildman–Crippen MR) is 53.0 cm³/mol. The van der Waals surface area contributed by atoms with Gasteiger partial charge in [0.2, 0.25) is 0 Å². The lowest BCUT2D eigenvalue weighted by molar-refractivity contribution is 0.0906. The summed E-state index contributed by atoms with van der Waals surface area (Å²) >= 11 is 0. The van der Waals surface area contributed by atoms with Crippen LogP contribution in [0, 0.1) is 11.8 Å². The number of alkyl carbamates (subject to hydrolysis) is 1. The number of fused-ring (bicyclic) bond motifs is 2. The smallest absolute Gasteiger partial charge is 0.407 e. The molecule has 2 aliphatic heterocycles. The average molecular weight is 198 g/mol. The molecule has 0 aromatic carbocycles. The molecule has 1 N–H and O–H groups in total. The van der Waals surface area contributed by atoms with Crippen molar-refractivity contribution >= 4 is 6.09 Å². The number of carbonyl (C=O) groups is 1. The topological polar surface area (TPSA) is 41.6 Å². The van der Waals surface area contributed by atoms with Crippen molar-refractivity contribution in [3.63, 3.8) is 0 Å². The van der Waals surface area contributed by atoms with Gasteiger partial charge in [-0.15, -0.1) is 0 Å². The number of hydrogen-bond donors (Lipinski definition) is 1. The van der Waals surface area contributed by atoms with Crippen LogP contribution in [0.1, 0.15) is 13.8 Å². The highest BCUT2D eigenvalue weighted by molar-refractivity contribution is 5.67. The Balaban J connectivity index is 2.23. The number of hydrogen-bond acceptors (Lipinski definition) is 3. The second-order valence-electron chi connectivity index (χ2n) is 4.74. The van der Waals surface area contributed by atoms with Gasteiger partial charge in [0.1, 0.15) is 0 Å². The molecule has 4 nitrogen and oxygen atoms in total. The third kappa shape index (κ3) is 1.29. The van der Waals surface area contributed by atoms with Gasteiger partial charge >= 0.3 is 6.09 Å². The van der Waals surface area contributed by atoms with Crippen LogP contribution in [0.3, 0.4) is 0 Å². The van der Waals surface area contributed by atoms with Crippen LogP contribution in [-0.4, -0.2) is 43.3 Å². The van der Waals surface area contributed by atoms with Crippen molar-refractivity contribution in [2.45, 2.75) is 19.4 Å². The molecule has 80 valence electrons. The Hall–Kier alpha value is -0.770. The van der Waals surface area contributed by atoms with E-state index in [1.54, 1.807) is 0 Å². The SMILES string of the molecule is CC1C2COC(=O)NCC1(C)N(C)C2. The molecule has 0 aromatic heterocycles. The van der Waals surface area contributed by atoms with Gasteiger partial charge in [0.25, 0.3) is 0 Å². The normalized spacial score (nSPS) is 43.8. The van der Waals surface area contributed by atoms with Gasteiger partial charge in [-0.05, 0) is 19.9 Å². The zero-order valence-electron chi connectivity index (χ0n) is 9.04. The van der Waals surface area contributed by atoms with E-state index in [-0.39, 0.29) is 11.6 Å². The molecular weight excluding hydrogens is 180 g/mol. The summed E-state index contributed by atoms with van der Waals surface area (Å²) in [5.74, 6) is 1.05. The van der Waals surface area contributed by atoms with Gasteiger partial charge in [-0.3, -0.25) is 4.90 Å². The van der Waals surface area contributed by atoms with Gasteiger partial charge < -0.3 is 10.1 Å². The minimum absolute atomic E-state index is 0.0874. The van der Waals surface area contributed by atoms with Crippen LogP contribution in [0.5, 0.6) is 0 Å². The maximum Gasteiger partial charge on any atom is 0.407 e. The van der Waals surface area contributed by atoms with Gasteiger partial charge in [0.15, 0.2) is 0 Å². The van der Waals surface area contributed by atoms with Crippen molar-refractivity contribution in [2.75, 3.05) is 26.7 Å². The van der Waals surface area contributed by atoms with E-state index >= 15 is 0 Å². The van der Waals surface area contributed by atoms with Crippen LogP contribution in [0.25, 0.3) is 0 Å². The molecule has 14 heavy (non-hydrogen) atoms. The zero-order valence-corrected chi connectivity index (χ0v) is 9.04. The lowest BCUT2D eigenvalue weighted by Crippen LogP contribution is -2.52. The third-order valence-corrected chi connectivity index (χ3v) is 4.09. The number of nitrogens with zero attached hydrogens (tertiary/aromatic N) is 1. The Morgan fingerprint density at radius 3 is 3.07 bits per heavy atom. The average Bonchev–Trinajstić information content (AvgIpc) is 2.39. The Kier molecular flexibility index (Phi) is 2.18. The van der Waals surface area contributed by atoms with E-state index in [4.69, 9.17) is 4.74 Å². The van der Waals surface area contributed by atoms with Crippen LogP contribution >= 0.6 is 0 Å². The fourth-order valence-corrected chi connectivity index (χ4v) is 2.55. The van der Waals surface area contributed by atoms with Crippen LogP contribution < -0.4 is 5.32 Å². The summed E-state index contributed by atoms with van der Waals surface area (Å²) in [6.45, 7) is 6.71. The number of nitrogens with one attached hydrogen (secondary N) is 1. The Bertz CT molecular complexity index is 257. The molecule has 3 atom stereocenters. The number of ether oxygens (including phenoxy) is 1. The van der Waals surface area contributed by atoms with E-state index in [0.717, 1.165) is 6.54 Å². The quantitative estimate of drug-likeness (QED) is 0.622. The summed E-state index contributed by atoms with van der Waals surface area (Å²) in [5, 5.41) is 2.81. The largest absolute Gasteiger partial charge is 0.449 e. The molecular formula is C10H18N2O2. The van der Waals surface area contributed by atoms with E-state index in [1.807, 2.05) is 0 Å². The summed E-state index contributed by atoms with van der Waals surface area (Å²) in [7, 11) is 2.12. The van der Waals surface area contributed by atoms with Gasteiger partial charge in [0.05, 0.1) is 6.61 Å². The molecule has 3 unspecified atom stereocenters. The monoisotopic (exact) mass is 198 g/mol. The number of carbonyl (C=O) groups excluding carboxylic acids is 1. The predicted octanol–water partition coefficient (Wildman–Crippen LogP) is 0.683. The maximum atomic E-state index is 11.2. The second kappa shape index (κ2) is 3.12. The molecule has 1 amide bonds. The van der Waals surface area contributed by atoms with Crippen molar-refractivity contribution < 1.29 is 9.53 Å². The molecule has 2 saturated heterocycles. The fourth-order valence-electron chi connectivity index (χ4n) is 2.55. The van der Waals surface area contributed by atoms with Gasteiger partial charge in [-0.1, -0.05) is 6.92 Å². The summed E-state index contributed by atoms with van der Waals surface area (Å²) in [4.78, 5) is 13.5. The van der Waals surface area contributed by atoms with Gasteiger partial charge in [0, 0.05) is 24.5 Å². The highest BCUT2D eigenvalue weighted by atomic mass is 16.5. The Morgan fingerprint density at radius 2 is 2.36 bits per heavy atom. The lowest BCUT2D eigenvalue weighted by Gasteiger charge is -2.37. The molecule has 2 aliphatic rings. The minimum Gasteiger partial charge on any atom is -0.449 e. The first-order chi connectivity index (χ1) is 6.54. The molecule has 0 radical (unpaired) electrons. The summed E-state index contributed by atoms with van der Waals surface area (Å²) < 4.78 is 5.10. The first kappa shape index (κ1) is 9.77. The van der Waals surface area contributed by atoms with Gasteiger partial charge in [-0.2, -0.15) is 0 Å². The molecule has 0 saturated carbocycles. The summed E-state index contributed by atoms with van der Waals surface area (Å²) in [6.07, 6.45) is -0.275. The summed E-state index contributed by atoms with van der Waals surface area (Å²) in [5.41, 5.74) is 0.0874. The fraction of sp³-hybridized carbons (Fsp3) is 0.900. The number of likely N-dealkylation sites (tertiary alicyclic amines) is 1. The van der Waals surface area contributed by atoms with Crippen molar-refractivity contribution in [2.24, 2.45) is 11.8 Å². The van der Waals surface area contributed by atoms with Crippen LogP contribution in [0.2, 0.25) is 0 Å². The molecule has 2 bridgehead atoms. The van der Waals surface area contributed by atoms with Crippen molar-refractivity contribution in [1.29, 1.82) is 0 Å². The standard InChI is InChI=1S/C10H18N2O2/c1-7-8-4-12(3)10(7,2)6-11-9(13)14-5-8/h7-8H,4-6H2,1-3H3,(H,11,13). The minimum atomic E-state index is -0.275. The molecule has 2 fully saturated rings. The zero-order chi connectivity index (χ0) is 10.3. The van der Waals surface area contributed by atoms with Crippen LogP contribution in [-0.2, 0) is 4.74 Å². The van der Waals surface area contributed by atoms with E-state index in [1.165, 1.54) is 0 Å². The molecule has 0 aliphatic carbocycles. The number of amides is 1. The van der Waals surface area contributed by atoms with Crippen molar-refractivity contribution in [3.05, 3.63) is 0 Å². The first-order valence-corrected chi connectivity index (χ1v) is 5.16. The highest BCUT2D eigenvalue weighted by Crippen LogP contribution is 2.38. The number of likely N-dealkylation sites (N-methyl/N-ethyl adjacent to an activating group) is 1. The first-order valence-electron chi connectivity index (χ1n) is 5.16. The maximum absolute atomic E-state index is 11.2. The lowest BCUT2D eigenvalue weighted by atomic mass is 9.82. The van der Waals surface area contributed by atoms with Crippen molar-refractivity contribution in [1.82, 2.24) is 10.2 Å². The van der Waals surface area contributed by atoms with E-state index in [9.17, 15) is 4.79 Å². The Labute approximate surface area is 84.6 Å². The van der Waals surface area contributed by atoms with Crippen molar-refractivity contribution in [3.8, 4) is 0 Å². The number of cyclic esters (lactones) is 1. The van der Waals surface area contributed by atoms with E-state index < -0.39 is 0 Å². The second-order valence-corrected chi connectivity index (χ2v) is 4.74. The molecule has 4 heteroatoms. The highest BCUT2D eigenvalue weighted by Gasteiger charge is 2.47. The van der Waals surface area contributed by atoms with E-state index in [0.29, 0.717) is 25.0 Å². The van der Waals surface area contributed by atoms with E-state index in [2.05, 4.69) is 31.1 Å². The van der Waals surface area contributed by atoms with Crippen LogP contribution in [0.15, 0.2) is 0 Å². The van der Waals surface area contributed by atoms with Gasteiger partial charge in [-0.25, -0.2) is 4.79 Å². The molecule has 0 aromatic rings. The number of rotatable bonds is 0.